The number of phenols is 1. The van der Waals surface area contributed by atoms with Crippen LogP contribution in [0.2, 0.25) is 0 Å². The fraction of sp³-hybridized carbons (Fsp3) is 0.200. The summed E-state index contributed by atoms with van der Waals surface area (Å²) in [4.78, 5) is 23.7. The molecule has 2 N–H and O–H groups in total. The van der Waals surface area contributed by atoms with E-state index in [1.165, 1.54) is 31.6 Å². The first kappa shape index (κ1) is 14.6. The van der Waals surface area contributed by atoms with Crippen LogP contribution in [0.1, 0.15) is 16.1 Å². The number of amides is 1. The molecule has 110 valence electrons. The molecule has 0 aliphatic heterocycles. The van der Waals surface area contributed by atoms with Crippen LogP contribution in [0.3, 0.4) is 0 Å². The lowest BCUT2D eigenvalue weighted by Gasteiger charge is -2.16. The second-order valence-corrected chi connectivity index (χ2v) is 4.40. The number of furan rings is 1. The van der Waals surface area contributed by atoms with Crippen molar-refractivity contribution >= 4 is 11.9 Å². The molecule has 6 nitrogen and oxygen atoms in total. The van der Waals surface area contributed by atoms with Gasteiger partial charge in [0.25, 0.3) is 5.91 Å². The number of carbonyl (C=O) groups is 2. The molecule has 0 radical (unpaired) electrons. The largest absolute Gasteiger partial charge is 0.508 e. The van der Waals surface area contributed by atoms with Gasteiger partial charge in [0.2, 0.25) is 0 Å². The van der Waals surface area contributed by atoms with Gasteiger partial charge in [-0.05, 0) is 29.8 Å². The zero-order valence-corrected chi connectivity index (χ0v) is 11.4. The Balaban J connectivity index is 2.09. The number of ether oxygens (including phenoxy) is 1. The number of nitrogens with one attached hydrogen (secondary N) is 1. The number of esters is 1. The molecule has 1 aromatic heterocycles. The summed E-state index contributed by atoms with van der Waals surface area (Å²) in [6.45, 7) is 0. The van der Waals surface area contributed by atoms with E-state index in [0.29, 0.717) is 0 Å². The Morgan fingerprint density at radius 1 is 1.29 bits per heavy atom. The van der Waals surface area contributed by atoms with Gasteiger partial charge in [-0.15, -0.1) is 0 Å². The molecule has 0 saturated heterocycles. The quantitative estimate of drug-likeness (QED) is 0.814. The smallest absolute Gasteiger partial charge is 0.328 e. The lowest BCUT2D eigenvalue weighted by Crippen LogP contribution is -2.42. The highest BCUT2D eigenvalue weighted by Gasteiger charge is 2.23. The molecule has 1 heterocycles. The Hall–Kier alpha value is -2.76. The van der Waals surface area contributed by atoms with Gasteiger partial charge in [0.15, 0.2) is 5.76 Å². The first-order valence-electron chi connectivity index (χ1n) is 6.30. The maximum Gasteiger partial charge on any atom is 0.328 e. The van der Waals surface area contributed by atoms with E-state index in [9.17, 15) is 14.7 Å². The average molecular weight is 289 g/mol. The zero-order chi connectivity index (χ0) is 15.2. The SMILES string of the molecule is COC(=O)[C@H](Cc1ccc(O)cc1)NC(=O)c1ccco1. The molecule has 0 bridgehead atoms. The van der Waals surface area contributed by atoms with Crippen LogP contribution < -0.4 is 5.32 Å². The molecule has 0 fully saturated rings. The van der Waals surface area contributed by atoms with Gasteiger partial charge >= 0.3 is 5.97 Å². The molecule has 2 rings (SSSR count). The van der Waals surface area contributed by atoms with E-state index < -0.39 is 17.9 Å². The zero-order valence-electron chi connectivity index (χ0n) is 11.4. The predicted octanol–water partition coefficient (Wildman–Crippen LogP) is 1.50. The summed E-state index contributed by atoms with van der Waals surface area (Å²) in [6, 6.07) is 8.62. The Bertz CT molecular complexity index is 604. The third kappa shape index (κ3) is 3.85. The number of methoxy groups -OCH3 is 1. The molecule has 1 aromatic carbocycles. The van der Waals surface area contributed by atoms with Gasteiger partial charge < -0.3 is 19.6 Å². The van der Waals surface area contributed by atoms with Gasteiger partial charge in [-0.25, -0.2) is 4.79 Å². The standard InChI is InChI=1S/C15H15NO5/c1-20-15(19)12(9-10-4-6-11(17)7-5-10)16-14(18)13-3-2-8-21-13/h2-8,12,17H,9H2,1H3,(H,16,18)/t12-/m0/s1. The van der Waals surface area contributed by atoms with E-state index in [1.54, 1.807) is 18.2 Å². The third-order valence-electron chi connectivity index (χ3n) is 2.91. The molecule has 0 aliphatic rings. The first-order chi connectivity index (χ1) is 10.1. The van der Waals surface area contributed by atoms with Crippen molar-refractivity contribution in [2.75, 3.05) is 7.11 Å². The monoisotopic (exact) mass is 289 g/mol. The van der Waals surface area contributed by atoms with Gasteiger partial charge in [-0.3, -0.25) is 4.79 Å². The van der Waals surface area contributed by atoms with Crippen molar-refractivity contribution in [3.05, 3.63) is 54.0 Å². The highest BCUT2D eigenvalue weighted by Crippen LogP contribution is 2.12. The Kier molecular flexibility index (Phi) is 4.61. The van der Waals surface area contributed by atoms with Crippen LogP contribution in [0.4, 0.5) is 0 Å². The molecule has 6 heteroatoms. The molecule has 21 heavy (non-hydrogen) atoms. The van der Waals surface area contributed by atoms with Gasteiger partial charge in [-0.1, -0.05) is 12.1 Å². The maximum atomic E-state index is 11.9. The van der Waals surface area contributed by atoms with E-state index in [4.69, 9.17) is 9.15 Å². The van der Waals surface area contributed by atoms with Gasteiger partial charge in [0, 0.05) is 6.42 Å². The van der Waals surface area contributed by atoms with Crippen molar-refractivity contribution in [2.24, 2.45) is 0 Å². The number of carbonyl (C=O) groups excluding carboxylic acids is 2. The summed E-state index contributed by atoms with van der Waals surface area (Å²) in [5, 5.41) is 11.8. The second-order valence-electron chi connectivity index (χ2n) is 4.40. The molecule has 1 amide bonds. The van der Waals surface area contributed by atoms with Crippen molar-refractivity contribution < 1.29 is 23.8 Å². The third-order valence-corrected chi connectivity index (χ3v) is 2.91. The highest BCUT2D eigenvalue weighted by molar-refractivity contribution is 5.94. The van der Waals surface area contributed by atoms with Crippen molar-refractivity contribution in [3.8, 4) is 5.75 Å². The molecule has 0 aliphatic carbocycles. The normalized spacial score (nSPS) is 11.7. The van der Waals surface area contributed by atoms with Crippen LogP contribution in [-0.4, -0.2) is 30.1 Å². The molecular formula is C15H15NO5. The molecular weight excluding hydrogens is 274 g/mol. The van der Waals surface area contributed by atoms with Crippen molar-refractivity contribution in [1.29, 1.82) is 0 Å². The van der Waals surface area contributed by atoms with Gasteiger partial charge in [0.1, 0.15) is 11.8 Å². The minimum Gasteiger partial charge on any atom is -0.508 e. The minimum atomic E-state index is -0.836. The fourth-order valence-electron chi connectivity index (χ4n) is 1.84. The van der Waals surface area contributed by atoms with Crippen LogP contribution >= 0.6 is 0 Å². The van der Waals surface area contributed by atoms with Crippen LogP contribution in [0.25, 0.3) is 0 Å². The molecule has 0 saturated carbocycles. The Morgan fingerprint density at radius 2 is 2.00 bits per heavy atom. The maximum absolute atomic E-state index is 11.9. The number of hydrogen-bond donors (Lipinski definition) is 2. The predicted molar refractivity (Wildman–Crippen MR) is 73.8 cm³/mol. The summed E-state index contributed by atoms with van der Waals surface area (Å²) >= 11 is 0. The lowest BCUT2D eigenvalue weighted by molar-refractivity contribution is -0.142. The minimum absolute atomic E-state index is 0.120. The number of rotatable bonds is 5. The molecule has 0 spiro atoms. The Labute approximate surface area is 121 Å². The number of phenolic OH excluding ortho intramolecular Hbond substituents is 1. The van der Waals surface area contributed by atoms with Crippen LogP contribution in [0.5, 0.6) is 5.75 Å². The number of hydrogen-bond acceptors (Lipinski definition) is 5. The van der Waals surface area contributed by atoms with E-state index in [0.717, 1.165) is 5.56 Å². The fourth-order valence-corrected chi connectivity index (χ4v) is 1.84. The van der Waals surface area contributed by atoms with Crippen molar-refractivity contribution in [1.82, 2.24) is 5.32 Å². The van der Waals surface area contributed by atoms with E-state index in [2.05, 4.69) is 5.32 Å². The summed E-state index contributed by atoms with van der Waals surface area (Å²) < 4.78 is 9.67. The molecule has 1 atom stereocenters. The van der Waals surface area contributed by atoms with E-state index in [1.807, 2.05) is 0 Å². The Morgan fingerprint density at radius 3 is 2.57 bits per heavy atom. The van der Waals surface area contributed by atoms with E-state index in [-0.39, 0.29) is 17.9 Å². The van der Waals surface area contributed by atoms with Crippen LogP contribution in [0.15, 0.2) is 47.1 Å². The van der Waals surface area contributed by atoms with E-state index >= 15 is 0 Å². The second kappa shape index (κ2) is 6.60. The van der Waals surface area contributed by atoms with Gasteiger partial charge in [0.05, 0.1) is 13.4 Å². The highest BCUT2D eigenvalue weighted by atomic mass is 16.5. The van der Waals surface area contributed by atoms with Crippen LogP contribution in [0, 0.1) is 0 Å². The summed E-state index contributed by atoms with van der Waals surface area (Å²) in [5.74, 6) is -0.792. The topological polar surface area (TPSA) is 88.8 Å². The summed E-state index contributed by atoms with van der Waals surface area (Å²) in [7, 11) is 1.26. The molecule has 0 unspecified atom stereocenters. The summed E-state index contributed by atoms with van der Waals surface area (Å²) in [5.41, 5.74) is 0.781. The van der Waals surface area contributed by atoms with Crippen LogP contribution in [-0.2, 0) is 16.0 Å². The van der Waals surface area contributed by atoms with Crippen molar-refractivity contribution in [3.63, 3.8) is 0 Å². The van der Waals surface area contributed by atoms with Gasteiger partial charge in [-0.2, -0.15) is 0 Å². The number of benzene rings is 1. The average Bonchev–Trinajstić information content (AvgIpc) is 3.02. The molecule has 2 aromatic rings. The lowest BCUT2D eigenvalue weighted by atomic mass is 10.1. The first-order valence-corrected chi connectivity index (χ1v) is 6.30. The number of aromatic hydroxyl groups is 1. The van der Waals surface area contributed by atoms with Crippen molar-refractivity contribution in [2.45, 2.75) is 12.5 Å². The summed E-state index contributed by atoms with van der Waals surface area (Å²) in [6.07, 6.45) is 1.63.